The Morgan fingerprint density at radius 1 is 0.935 bits per heavy atom. The molecule has 3 saturated heterocycles. The van der Waals surface area contributed by atoms with Crippen molar-refractivity contribution < 1.29 is 4.79 Å². The number of aliphatic imine (C=N–C) groups is 1. The predicted octanol–water partition coefficient (Wildman–Crippen LogP) is 1.81. The van der Waals surface area contributed by atoms with Crippen molar-refractivity contribution in [3.05, 3.63) is 0 Å². The van der Waals surface area contributed by atoms with Crippen LogP contribution < -0.4 is 5.32 Å². The Balaban J connectivity index is 1.34. The molecule has 7 nitrogen and oxygen atoms in total. The minimum Gasteiger partial charge on any atom is -0.356 e. The highest BCUT2D eigenvalue weighted by atomic mass is 16.2. The van der Waals surface area contributed by atoms with Crippen LogP contribution in [0.2, 0.25) is 0 Å². The first-order valence-electron chi connectivity index (χ1n) is 12.7. The molecule has 0 bridgehead atoms. The predicted molar refractivity (Wildman–Crippen MR) is 128 cm³/mol. The zero-order chi connectivity index (χ0) is 22.2. The van der Waals surface area contributed by atoms with Gasteiger partial charge in [-0.2, -0.15) is 0 Å². The van der Waals surface area contributed by atoms with Gasteiger partial charge < -0.3 is 20.0 Å². The number of carbonyl (C=O) groups is 1. The highest BCUT2D eigenvalue weighted by Crippen LogP contribution is 2.21. The Hall–Kier alpha value is -1.34. The molecule has 1 amide bonds. The lowest BCUT2D eigenvalue weighted by molar-refractivity contribution is -0.135. The van der Waals surface area contributed by atoms with E-state index in [2.05, 4.69) is 50.7 Å². The Morgan fingerprint density at radius 2 is 1.58 bits per heavy atom. The molecule has 2 unspecified atom stereocenters. The van der Waals surface area contributed by atoms with Gasteiger partial charge in [-0.1, -0.05) is 20.8 Å². The van der Waals surface area contributed by atoms with Crippen molar-refractivity contribution in [2.75, 3.05) is 79.0 Å². The summed E-state index contributed by atoms with van der Waals surface area (Å²) in [4.78, 5) is 26.6. The second kappa shape index (κ2) is 12.0. The summed E-state index contributed by atoms with van der Waals surface area (Å²) in [6.45, 7) is 17.7. The minimum atomic E-state index is 0.309. The van der Waals surface area contributed by atoms with E-state index in [-0.39, 0.29) is 0 Å². The van der Waals surface area contributed by atoms with Crippen LogP contribution in [-0.4, -0.2) is 111 Å². The van der Waals surface area contributed by atoms with E-state index in [1.807, 2.05) is 7.05 Å². The summed E-state index contributed by atoms with van der Waals surface area (Å²) in [5.74, 6) is 3.42. The average Bonchev–Trinajstić information content (AvgIpc) is 2.77. The van der Waals surface area contributed by atoms with Crippen molar-refractivity contribution in [1.82, 2.24) is 24.9 Å². The van der Waals surface area contributed by atoms with Gasteiger partial charge in [0.05, 0.1) is 6.54 Å². The van der Waals surface area contributed by atoms with Crippen LogP contribution in [-0.2, 0) is 4.79 Å². The van der Waals surface area contributed by atoms with Crippen LogP contribution in [0.3, 0.4) is 0 Å². The van der Waals surface area contributed by atoms with Gasteiger partial charge in [-0.05, 0) is 63.1 Å². The monoisotopic (exact) mass is 434 g/mol. The van der Waals surface area contributed by atoms with Crippen molar-refractivity contribution in [2.45, 2.75) is 46.5 Å². The summed E-state index contributed by atoms with van der Waals surface area (Å²) in [5, 5.41) is 3.60. The molecule has 178 valence electrons. The van der Waals surface area contributed by atoms with Gasteiger partial charge >= 0.3 is 0 Å². The van der Waals surface area contributed by atoms with Crippen LogP contribution in [0.25, 0.3) is 0 Å². The number of hydrogen-bond acceptors (Lipinski definition) is 4. The van der Waals surface area contributed by atoms with Crippen LogP contribution >= 0.6 is 0 Å². The summed E-state index contributed by atoms with van der Waals surface area (Å²) >= 11 is 0. The smallest absolute Gasteiger partial charge is 0.236 e. The molecule has 1 N–H and O–H groups in total. The van der Waals surface area contributed by atoms with Crippen LogP contribution in [0, 0.1) is 17.8 Å². The number of piperidine rings is 2. The third kappa shape index (κ3) is 7.35. The highest BCUT2D eigenvalue weighted by Gasteiger charge is 2.28. The maximum absolute atomic E-state index is 12.8. The maximum atomic E-state index is 12.8. The lowest BCUT2D eigenvalue weighted by atomic mass is 9.92. The minimum absolute atomic E-state index is 0.309. The number of guanidine groups is 1. The van der Waals surface area contributed by atoms with Crippen LogP contribution in [0.5, 0.6) is 0 Å². The molecule has 0 aromatic heterocycles. The summed E-state index contributed by atoms with van der Waals surface area (Å²) < 4.78 is 0. The molecule has 3 heterocycles. The van der Waals surface area contributed by atoms with Crippen LogP contribution in [0.1, 0.15) is 46.5 Å². The lowest BCUT2D eigenvalue weighted by Gasteiger charge is -2.39. The first-order valence-corrected chi connectivity index (χ1v) is 12.7. The zero-order valence-corrected chi connectivity index (χ0v) is 20.5. The van der Waals surface area contributed by atoms with Gasteiger partial charge in [0, 0.05) is 52.9 Å². The standard InChI is InChI=1S/C24H46N6O/c1-5-27-10-7-22(8-11-27)6-9-26-24(25-4)29-14-12-28(13-15-29)19-23(31)30-17-20(2)16-21(3)18-30/h20-22H,5-19H2,1-4H3,(H,25,26). The fraction of sp³-hybridized carbons (Fsp3) is 0.917. The fourth-order valence-corrected chi connectivity index (χ4v) is 5.59. The molecule has 0 aromatic carbocycles. The Kier molecular flexibility index (Phi) is 9.45. The number of amides is 1. The van der Waals surface area contributed by atoms with E-state index in [9.17, 15) is 4.79 Å². The number of carbonyl (C=O) groups excluding carboxylic acids is 1. The lowest BCUT2D eigenvalue weighted by Crippen LogP contribution is -2.55. The molecule has 3 aliphatic rings. The van der Waals surface area contributed by atoms with Crippen LogP contribution in [0.4, 0.5) is 0 Å². The number of likely N-dealkylation sites (tertiary alicyclic amines) is 2. The number of nitrogens with zero attached hydrogens (tertiary/aromatic N) is 5. The van der Waals surface area contributed by atoms with Gasteiger partial charge in [-0.15, -0.1) is 0 Å². The number of nitrogens with one attached hydrogen (secondary N) is 1. The quantitative estimate of drug-likeness (QED) is 0.510. The second-order valence-electron chi connectivity index (χ2n) is 10.1. The Bertz CT molecular complexity index is 571. The van der Waals surface area contributed by atoms with Gasteiger partial charge in [0.15, 0.2) is 5.96 Å². The topological polar surface area (TPSA) is 54.4 Å². The summed E-state index contributed by atoms with van der Waals surface area (Å²) in [6.07, 6.45) is 5.13. The van der Waals surface area contributed by atoms with Gasteiger partial charge in [-0.3, -0.25) is 14.7 Å². The van der Waals surface area contributed by atoms with E-state index in [1.54, 1.807) is 0 Å². The average molecular weight is 435 g/mol. The summed E-state index contributed by atoms with van der Waals surface area (Å²) in [7, 11) is 1.89. The number of piperazine rings is 1. The second-order valence-corrected chi connectivity index (χ2v) is 10.1. The third-order valence-electron chi connectivity index (χ3n) is 7.45. The SMILES string of the molecule is CCN1CCC(CCNC(=NC)N2CCN(CC(=O)N3CC(C)CC(C)C3)CC2)CC1. The summed E-state index contributed by atoms with van der Waals surface area (Å²) in [5.41, 5.74) is 0. The van der Waals surface area contributed by atoms with E-state index >= 15 is 0 Å². The molecular weight excluding hydrogens is 388 g/mol. The molecule has 0 spiro atoms. The van der Waals surface area contributed by atoms with E-state index in [4.69, 9.17) is 0 Å². The van der Waals surface area contributed by atoms with E-state index in [1.165, 1.54) is 45.3 Å². The molecule has 0 aromatic rings. The first kappa shape index (κ1) is 24.3. The zero-order valence-electron chi connectivity index (χ0n) is 20.5. The first-order chi connectivity index (χ1) is 15.0. The van der Waals surface area contributed by atoms with E-state index in [0.29, 0.717) is 24.3 Å². The van der Waals surface area contributed by atoms with Crippen molar-refractivity contribution in [1.29, 1.82) is 0 Å². The Morgan fingerprint density at radius 3 is 2.16 bits per heavy atom. The van der Waals surface area contributed by atoms with Gasteiger partial charge in [0.2, 0.25) is 5.91 Å². The molecule has 0 aliphatic carbocycles. The van der Waals surface area contributed by atoms with Crippen molar-refractivity contribution in [2.24, 2.45) is 22.7 Å². The van der Waals surface area contributed by atoms with Gasteiger partial charge in [0.1, 0.15) is 0 Å². The molecule has 2 atom stereocenters. The third-order valence-corrected chi connectivity index (χ3v) is 7.45. The van der Waals surface area contributed by atoms with Crippen molar-refractivity contribution in [3.8, 4) is 0 Å². The molecule has 3 aliphatic heterocycles. The van der Waals surface area contributed by atoms with E-state index in [0.717, 1.165) is 57.7 Å². The molecule has 3 fully saturated rings. The van der Waals surface area contributed by atoms with Gasteiger partial charge in [0.25, 0.3) is 0 Å². The molecule has 7 heteroatoms. The number of hydrogen-bond donors (Lipinski definition) is 1. The Labute approximate surface area is 190 Å². The fourth-order valence-electron chi connectivity index (χ4n) is 5.59. The molecule has 0 saturated carbocycles. The van der Waals surface area contributed by atoms with Crippen molar-refractivity contribution >= 4 is 11.9 Å². The van der Waals surface area contributed by atoms with Gasteiger partial charge in [-0.25, -0.2) is 0 Å². The maximum Gasteiger partial charge on any atom is 0.236 e. The summed E-state index contributed by atoms with van der Waals surface area (Å²) in [6, 6.07) is 0. The molecule has 31 heavy (non-hydrogen) atoms. The van der Waals surface area contributed by atoms with E-state index < -0.39 is 0 Å². The van der Waals surface area contributed by atoms with Crippen molar-refractivity contribution in [3.63, 3.8) is 0 Å². The van der Waals surface area contributed by atoms with Crippen LogP contribution in [0.15, 0.2) is 4.99 Å². The molecule has 3 rings (SSSR count). The molecular formula is C24H46N6O. The largest absolute Gasteiger partial charge is 0.356 e. The molecule has 0 radical (unpaired) electrons. The normalized spacial score (nSPS) is 27.5. The highest BCUT2D eigenvalue weighted by molar-refractivity contribution is 5.80. The number of rotatable bonds is 6.